The van der Waals surface area contributed by atoms with Crippen LogP contribution in [0.25, 0.3) is 0 Å². The molecule has 0 amide bonds. The molecule has 1 nitrogen and oxygen atoms in total. The van der Waals surface area contributed by atoms with Crippen LogP contribution in [0.5, 0.6) is 0 Å². The largest absolute Gasteiger partial charge is 0.385 e. The lowest BCUT2D eigenvalue weighted by molar-refractivity contribution is -0.0533. The van der Waals surface area contributed by atoms with Gasteiger partial charge in [-0.25, -0.2) is 0 Å². The Bertz CT molecular complexity index is 634. The van der Waals surface area contributed by atoms with Gasteiger partial charge in [-0.05, 0) is 110 Å². The second-order valence-corrected chi connectivity index (χ2v) is 13.2. The van der Waals surface area contributed by atoms with Crippen LogP contribution in [0.3, 0.4) is 0 Å². The van der Waals surface area contributed by atoms with Gasteiger partial charge in [-0.15, -0.1) is 0 Å². The average Bonchev–Trinajstić information content (AvgIpc) is 3.09. The van der Waals surface area contributed by atoms with Gasteiger partial charge in [-0.1, -0.05) is 65.5 Å². The third-order valence-electron chi connectivity index (χ3n) is 11.1. The van der Waals surface area contributed by atoms with E-state index < -0.39 is 0 Å². The molecule has 0 radical (unpaired) electrons. The standard InChI is InChI=1S/C30H52O/c1-21(2)8-7-9-22(3)26-12-13-27-25-11-10-24-20-23(16-19-31-6)14-17-29(24,4)28(25)15-18-30(26,27)5/h10,21-23,25-28H,7-9,11-20H2,1-6H3. The highest BCUT2D eigenvalue weighted by Crippen LogP contribution is 2.67. The van der Waals surface area contributed by atoms with Gasteiger partial charge >= 0.3 is 0 Å². The van der Waals surface area contributed by atoms with E-state index in [0.29, 0.717) is 10.8 Å². The van der Waals surface area contributed by atoms with Gasteiger partial charge in [-0.3, -0.25) is 0 Å². The minimum absolute atomic E-state index is 0.509. The Morgan fingerprint density at radius 2 is 1.81 bits per heavy atom. The smallest absolute Gasteiger partial charge is 0.0465 e. The second-order valence-electron chi connectivity index (χ2n) is 13.2. The first kappa shape index (κ1) is 23.8. The van der Waals surface area contributed by atoms with Crippen LogP contribution in [0.2, 0.25) is 0 Å². The first-order valence-corrected chi connectivity index (χ1v) is 14.0. The summed E-state index contributed by atoms with van der Waals surface area (Å²) in [7, 11) is 1.86. The maximum Gasteiger partial charge on any atom is 0.0465 e. The maximum atomic E-state index is 5.40. The van der Waals surface area contributed by atoms with Gasteiger partial charge in [0.2, 0.25) is 0 Å². The molecule has 0 saturated heterocycles. The van der Waals surface area contributed by atoms with Gasteiger partial charge in [0.15, 0.2) is 0 Å². The van der Waals surface area contributed by atoms with E-state index >= 15 is 0 Å². The van der Waals surface area contributed by atoms with Crippen molar-refractivity contribution in [2.24, 2.45) is 52.3 Å². The molecule has 4 aliphatic rings. The molecule has 8 atom stereocenters. The van der Waals surface area contributed by atoms with Crippen LogP contribution in [0.4, 0.5) is 0 Å². The van der Waals surface area contributed by atoms with E-state index in [1.165, 1.54) is 77.0 Å². The van der Waals surface area contributed by atoms with Crippen molar-refractivity contribution in [1.29, 1.82) is 0 Å². The number of rotatable bonds is 8. The SMILES string of the molecule is COCCC1CCC2(C)C(=CCC3C2CCC2(C)C(C(C)CCCC(C)C)CCC32)C1. The first-order chi connectivity index (χ1) is 14.8. The number of hydrogen-bond acceptors (Lipinski definition) is 1. The fraction of sp³-hybridized carbons (Fsp3) is 0.933. The van der Waals surface area contributed by atoms with Gasteiger partial charge < -0.3 is 4.74 Å². The summed E-state index contributed by atoms with van der Waals surface area (Å²) in [6, 6.07) is 0. The highest BCUT2D eigenvalue weighted by atomic mass is 16.5. The van der Waals surface area contributed by atoms with Crippen molar-refractivity contribution < 1.29 is 4.74 Å². The molecule has 8 unspecified atom stereocenters. The molecule has 3 saturated carbocycles. The molecule has 31 heavy (non-hydrogen) atoms. The van der Waals surface area contributed by atoms with Crippen molar-refractivity contribution in [2.45, 2.75) is 112 Å². The van der Waals surface area contributed by atoms with Crippen molar-refractivity contribution in [3.05, 3.63) is 11.6 Å². The van der Waals surface area contributed by atoms with Gasteiger partial charge in [-0.2, -0.15) is 0 Å². The maximum absolute atomic E-state index is 5.40. The van der Waals surface area contributed by atoms with Crippen LogP contribution in [-0.2, 0) is 4.74 Å². The van der Waals surface area contributed by atoms with E-state index in [2.05, 4.69) is 40.7 Å². The number of fused-ring (bicyclic) bond motifs is 5. The average molecular weight is 429 g/mol. The molecule has 0 aromatic carbocycles. The molecule has 0 spiro atoms. The molecule has 4 aliphatic carbocycles. The van der Waals surface area contributed by atoms with E-state index in [4.69, 9.17) is 4.74 Å². The van der Waals surface area contributed by atoms with Crippen LogP contribution in [0.15, 0.2) is 11.6 Å². The summed E-state index contributed by atoms with van der Waals surface area (Å²) in [4.78, 5) is 0. The van der Waals surface area contributed by atoms with Gasteiger partial charge in [0.1, 0.15) is 0 Å². The van der Waals surface area contributed by atoms with Crippen LogP contribution in [0, 0.1) is 52.3 Å². The summed E-state index contributed by atoms with van der Waals surface area (Å²) < 4.78 is 5.40. The number of ether oxygens (including phenoxy) is 1. The molecule has 3 fully saturated rings. The molecule has 0 heterocycles. The molecule has 0 bridgehead atoms. The zero-order chi connectivity index (χ0) is 22.2. The molecular formula is C30H52O. The fourth-order valence-corrected chi connectivity index (χ4v) is 9.29. The van der Waals surface area contributed by atoms with E-state index in [1.807, 2.05) is 12.7 Å². The highest BCUT2D eigenvalue weighted by Gasteiger charge is 2.59. The number of allylic oxidation sites excluding steroid dienone is 2. The van der Waals surface area contributed by atoms with Gasteiger partial charge in [0, 0.05) is 13.7 Å². The molecule has 0 aromatic rings. The Hall–Kier alpha value is -0.300. The van der Waals surface area contributed by atoms with Gasteiger partial charge in [0.05, 0.1) is 0 Å². The molecule has 178 valence electrons. The predicted molar refractivity (Wildman–Crippen MR) is 133 cm³/mol. The lowest BCUT2D eigenvalue weighted by atomic mass is 9.46. The van der Waals surface area contributed by atoms with E-state index in [-0.39, 0.29) is 0 Å². The minimum atomic E-state index is 0.509. The first-order valence-electron chi connectivity index (χ1n) is 14.0. The summed E-state index contributed by atoms with van der Waals surface area (Å²) in [5.74, 6) is 6.56. The normalized spacial score (nSPS) is 43.2. The zero-order valence-corrected chi connectivity index (χ0v) is 21.7. The Morgan fingerprint density at radius 1 is 1.00 bits per heavy atom. The van der Waals surface area contributed by atoms with Crippen molar-refractivity contribution >= 4 is 0 Å². The summed E-state index contributed by atoms with van der Waals surface area (Å²) >= 11 is 0. The topological polar surface area (TPSA) is 9.23 Å². The third-order valence-corrected chi connectivity index (χ3v) is 11.1. The van der Waals surface area contributed by atoms with Gasteiger partial charge in [0.25, 0.3) is 0 Å². The molecular weight excluding hydrogens is 376 g/mol. The zero-order valence-electron chi connectivity index (χ0n) is 21.7. The summed E-state index contributed by atoms with van der Waals surface area (Å²) in [5, 5.41) is 0. The second kappa shape index (κ2) is 9.52. The van der Waals surface area contributed by atoms with E-state index in [9.17, 15) is 0 Å². The fourth-order valence-electron chi connectivity index (χ4n) is 9.29. The number of methoxy groups -OCH3 is 1. The lowest BCUT2D eigenvalue weighted by Crippen LogP contribution is -2.50. The van der Waals surface area contributed by atoms with Crippen LogP contribution in [-0.4, -0.2) is 13.7 Å². The Balaban J connectivity index is 1.45. The van der Waals surface area contributed by atoms with Crippen LogP contribution < -0.4 is 0 Å². The van der Waals surface area contributed by atoms with Crippen LogP contribution >= 0.6 is 0 Å². The monoisotopic (exact) mass is 428 g/mol. The molecule has 0 aliphatic heterocycles. The van der Waals surface area contributed by atoms with Crippen molar-refractivity contribution in [1.82, 2.24) is 0 Å². The van der Waals surface area contributed by atoms with Crippen molar-refractivity contribution in [3.63, 3.8) is 0 Å². The highest BCUT2D eigenvalue weighted by molar-refractivity contribution is 5.25. The minimum Gasteiger partial charge on any atom is -0.385 e. The third kappa shape index (κ3) is 4.43. The Labute approximate surface area is 194 Å². The quantitative estimate of drug-likeness (QED) is 0.351. The summed E-state index contributed by atoms with van der Waals surface area (Å²) in [6.07, 6.45) is 20.0. The lowest BCUT2D eigenvalue weighted by Gasteiger charge is -2.58. The summed E-state index contributed by atoms with van der Waals surface area (Å²) in [6.45, 7) is 13.7. The molecule has 4 rings (SSSR count). The number of hydrogen-bond donors (Lipinski definition) is 0. The Kier molecular flexibility index (Phi) is 7.32. The van der Waals surface area contributed by atoms with Crippen molar-refractivity contribution in [3.8, 4) is 0 Å². The van der Waals surface area contributed by atoms with Crippen molar-refractivity contribution in [2.75, 3.05) is 13.7 Å². The Morgan fingerprint density at radius 3 is 2.55 bits per heavy atom. The molecule has 0 N–H and O–H groups in total. The van der Waals surface area contributed by atoms with E-state index in [1.54, 1.807) is 0 Å². The van der Waals surface area contributed by atoms with Crippen LogP contribution in [0.1, 0.15) is 112 Å². The molecule has 0 aromatic heterocycles. The van der Waals surface area contributed by atoms with E-state index in [0.717, 1.165) is 48.0 Å². The molecule has 1 heteroatoms. The summed E-state index contributed by atoms with van der Waals surface area (Å²) in [5.41, 5.74) is 2.98. The predicted octanol–water partition coefficient (Wildman–Crippen LogP) is 8.68.